The summed E-state index contributed by atoms with van der Waals surface area (Å²) in [7, 11) is 0. The standard InChI is InChI=1S/C18H27N3O4/c1-11(2)16(23)20-13-8-6-12(7-9-13)10-14(15(19)22)21-17(24)25-18(3,4)5/h6-9,11,14H,10H2,1-5H3,(H2,19,22)(H,20,23)(H,21,24)/t14-/m0/s1. The van der Waals surface area contributed by atoms with Crippen molar-refractivity contribution in [3.63, 3.8) is 0 Å². The maximum atomic E-state index is 11.8. The third-order valence-corrected chi connectivity index (χ3v) is 3.22. The van der Waals surface area contributed by atoms with E-state index in [0.717, 1.165) is 5.56 Å². The minimum atomic E-state index is -0.883. The summed E-state index contributed by atoms with van der Waals surface area (Å²) in [5.41, 5.74) is 6.15. The van der Waals surface area contributed by atoms with Crippen LogP contribution in [0.2, 0.25) is 0 Å². The second-order valence-electron chi connectivity index (χ2n) is 7.15. The van der Waals surface area contributed by atoms with Gasteiger partial charge in [0.2, 0.25) is 11.8 Å². The van der Waals surface area contributed by atoms with E-state index in [4.69, 9.17) is 10.5 Å². The second-order valence-corrected chi connectivity index (χ2v) is 7.15. The topological polar surface area (TPSA) is 111 Å². The number of ether oxygens (including phenoxy) is 1. The van der Waals surface area contributed by atoms with Crippen LogP contribution in [0.1, 0.15) is 40.2 Å². The fourth-order valence-corrected chi connectivity index (χ4v) is 1.92. The number of rotatable bonds is 6. The van der Waals surface area contributed by atoms with E-state index in [9.17, 15) is 14.4 Å². The minimum Gasteiger partial charge on any atom is -0.444 e. The molecule has 0 saturated heterocycles. The van der Waals surface area contributed by atoms with Gasteiger partial charge in [0.05, 0.1) is 0 Å². The van der Waals surface area contributed by atoms with Gasteiger partial charge in [-0.15, -0.1) is 0 Å². The lowest BCUT2D eigenvalue weighted by molar-refractivity contribution is -0.120. The molecule has 3 amide bonds. The van der Waals surface area contributed by atoms with Crippen LogP contribution in [0.4, 0.5) is 10.5 Å². The first kappa shape index (κ1) is 20.5. The summed E-state index contributed by atoms with van der Waals surface area (Å²) in [5.74, 6) is -0.839. The van der Waals surface area contributed by atoms with Gasteiger partial charge in [-0.1, -0.05) is 26.0 Å². The Labute approximate surface area is 148 Å². The molecule has 7 heteroatoms. The van der Waals surface area contributed by atoms with E-state index in [2.05, 4.69) is 10.6 Å². The summed E-state index contributed by atoms with van der Waals surface area (Å²) in [5, 5.41) is 5.26. The first-order valence-electron chi connectivity index (χ1n) is 8.16. The largest absolute Gasteiger partial charge is 0.444 e. The molecule has 0 bridgehead atoms. The third kappa shape index (κ3) is 7.69. The van der Waals surface area contributed by atoms with E-state index in [0.29, 0.717) is 5.69 Å². The van der Waals surface area contributed by atoms with Crippen molar-refractivity contribution in [1.82, 2.24) is 5.32 Å². The van der Waals surface area contributed by atoms with Gasteiger partial charge < -0.3 is 21.1 Å². The van der Waals surface area contributed by atoms with Gasteiger partial charge in [-0.05, 0) is 38.5 Å². The first-order chi connectivity index (χ1) is 11.5. The number of carbonyl (C=O) groups is 3. The average molecular weight is 349 g/mol. The SMILES string of the molecule is CC(C)C(=O)Nc1ccc(C[C@H](NC(=O)OC(C)(C)C)C(N)=O)cc1. The van der Waals surface area contributed by atoms with Crippen molar-refractivity contribution in [1.29, 1.82) is 0 Å². The minimum absolute atomic E-state index is 0.0747. The van der Waals surface area contributed by atoms with Crippen molar-refractivity contribution in [2.45, 2.75) is 52.7 Å². The summed E-state index contributed by atoms with van der Waals surface area (Å²) in [4.78, 5) is 35.1. The molecule has 0 aliphatic carbocycles. The van der Waals surface area contributed by atoms with E-state index in [1.807, 2.05) is 13.8 Å². The molecule has 0 fully saturated rings. The van der Waals surface area contributed by atoms with Gasteiger partial charge in [-0.2, -0.15) is 0 Å². The summed E-state index contributed by atoms with van der Waals surface area (Å²) in [6.45, 7) is 8.81. The highest BCUT2D eigenvalue weighted by Gasteiger charge is 2.23. The van der Waals surface area contributed by atoms with E-state index < -0.39 is 23.6 Å². The molecule has 0 saturated carbocycles. The molecule has 7 nitrogen and oxygen atoms in total. The molecule has 4 N–H and O–H groups in total. The fourth-order valence-electron chi connectivity index (χ4n) is 1.92. The van der Waals surface area contributed by atoms with Crippen LogP contribution in [0.5, 0.6) is 0 Å². The number of alkyl carbamates (subject to hydrolysis) is 1. The Morgan fingerprint density at radius 3 is 2.12 bits per heavy atom. The Bertz CT molecular complexity index is 618. The Hall–Kier alpha value is -2.57. The maximum absolute atomic E-state index is 11.8. The lowest BCUT2D eigenvalue weighted by Gasteiger charge is -2.22. The van der Waals surface area contributed by atoms with Gasteiger partial charge >= 0.3 is 6.09 Å². The van der Waals surface area contributed by atoms with Gasteiger partial charge in [0.1, 0.15) is 11.6 Å². The number of benzene rings is 1. The van der Waals surface area contributed by atoms with Crippen molar-refractivity contribution in [2.75, 3.05) is 5.32 Å². The van der Waals surface area contributed by atoms with Gasteiger partial charge in [0.15, 0.2) is 0 Å². The predicted molar refractivity (Wildman–Crippen MR) is 96.0 cm³/mol. The summed E-state index contributed by atoms with van der Waals surface area (Å²) < 4.78 is 5.14. The van der Waals surface area contributed by atoms with Gasteiger partial charge in [0.25, 0.3) is 0 Å². The molecule has 1 rings (SSSR count). The Morgan fingerprint density at radius 2 is 1.68 bits per heavy atom. The number of nitrogens with one attached hydrogen (secondary N) is 2. The molecule has 0 radical (unpaired) electrons. The highest BCUT2D eigenvalue weighted by molar-refractivity contribution is 5.92. The average Bonchev–Trinajstić information content (AvgIpc) is 2.46. The smallest absolute Gasteiger partial charge is 0.408 e. The molecule has 0 aliphatic heterocycles. The normalized spacial score (nSPS) is 12.4. The van der Waals surface area contributed by atoms with Crippen molar-refractivity contribution in [2.24, 2.45) is 11.7 Å². The molecule has 1 aromatic carbocycles. The van der Waals surface area contributed by atoms with Crippen LogP contribution in [0.3, 0.4) is 0 Å². The molecule has 0 heterocycles. The molecule has 138 valence electrons. The van der Waals surface area contributed by atoms with Crippen LogP contribution in [0.25, 0.3) is 0 Å². The quantitative estimate of drug-likeness (QED) is 0.731. The molecule has 1 aromatic rings. The Morgan fingerprint density at radius 1 is 1.12 bits per heavy atom. The number of hydrogen-bond acceptors (Lipinski definition) is 4. The molecule has 1 atom stereocenters. The van der Waals surface area contributed by atoms with Crippen LogP contribution in [-0.4, -0.2) is 29.6 Å². The van der Waals surface area contributed by atoms with Crippen LogP contribution >= 0.6 is 0 Å². The second kappa shape index (κ2) is 8.50. The summed E-state index contributed by atoms with van der Waals surface area (Å²) in [6, 6.07) is 6.12. The molecular weight excluding hydrogens is 322 g/mol. The zero-order valence-corrected chi connectivity index (χ0v) is 15.4. The van der Waals surface area contributed by atoms with E-state index in [1.165, 1.54) is 0 Å². The van der Waals surface area contributed by atoms with Crippen molar-refractivity contribution in [3.05, 3.63) is 29.8 Å². The number of amides is 3. The van der Waals surface area contributed by atoms with Crippen molar-refractivity contribution in [3.8, 4) is 0 Å². The van der Waals surface area contributed by atoms with Gasteiger partial charge in [-0.3, -0.25) is 9.59 Å². The van der Waals surface area contributed by atoms with Crippen molar-refractivity contribution < 1.29 is 19.1 Å². The van der Waals surface area contributed by atoms with Gasteiger partial charge in [0, 0.05) is 18.0 Å². The van der Waals surface area contributed by atoms with Crippen LogP contribution in [0.15, 0.2) is 24.3 Å². The number of nitrogens with two attached hydrogens (primary N) is 1. The zero-order chi connectivity index (χ0) is 19.2. The summed E-state index contributed by atoms with van der Waals surface area (Å²) in [6.07, 6.45) is -0.468. The molecule has 25 heavy (non-hydrogen) atoms. The highest BCUT2D eigenvalue weighted by Crippen LogP contribution is 2.13. The molecule has 0 unspecified atom stereocenters. The summed E-state index contributed by atoms with van der Waals surface area (Å²) >= 11 is 0. The fraction of sp³-hybridized carbons (Fsp3) is 0.500. The van der Waals surface area contributed by atoms with E-state index in [-0.39, 0.29) is 18.2 Å². The predicted octanol–water partition coefficient (Wildman–Crippen LogP) is 2.20. The van der Waals surface area contributed by atoms with E-state index in [1.54, 1.807) is 45.0 Å². The Kier molecular flexibility index (Phi) is 6.97. The molecule has 0 aliphatic rings. The number of carbonyl (C=O) groups excluding carboxylic acids is 3. The molecular formula is C18H27N3O4. The van der Waals surface area contributed by atoms with Crippen LogP contribution in [0, 0.1) is 5.92 Å². The molecule has 0 aromatic heterocycles. The Balaban J connectivity index is 2.71. The number of primary amides is 1. The van der Waals surface area contributed by atoms with E-state index >= 15 is 0 Å². The number of hydrogen-bond donors (Lipinski definition) is 3. The molecule has 0 spiro atoms. The third-order valence-electron chi connectivity index (χ3n) is 3.22. The first-order valence-corrected chi connectivity index (χ1v) is 8.16. The lowest BCUT2D eigenvalue weighted by atomic mass is 10.0. The zero-order valence-electron chi connectivity index (χ0n) is 15.4. The lowest BCUT2D eigenvalue weighted by Crippen LogP contribution is -2.47. The highest BCUT2D eigenvalue weighted by atomic mass is 16.6. The monoisotopic (exact) mass is 349 g/mol. The van der Waals surface area contributed by atoms with Crippen LogP contribution < -0.4 is 16.4 Å². The maximum Gasteiger partial charge on any atom is 0.408 e. The van der Waals surface area contributed by atoms with Crippen LogP contribution in [-0.2, 0) is 20.7 Å². The van der Waals surface area contributed by atoms with Crippen molar-refractivity contribution >= 4 is 23.6 Å². The van der Waals surface area contributed by atoms with Gasteiger partial charge in [-0.25, -0.2) is 4.79 Å². The number of anilines is 1.